The average molecular weight is 386 g/mol. The van der Waals surface area contributed by atoms with E-state index < -0.39 is 5.41 Å². The molecular weight excluding hydrogens is 360 g/mol. The summed E-state index contributed by atoms with van der Waals surface area (Å²) >= 11 is 0. The van der Waals surface area contributed by atoms with Gasteiger partial charge in [0.25, 0.3) is 0 Å². The summed E-state index contributed by atoms with van der Waals surface area (Å²) in [4.78, 5) is 34.3. The number of nitrogens with one attached hydrogen (secondary N) is 1. The molecule has 2 atom stereocenters. The Labute approximate surface area is 163 Å². The van der Waals surface area contributed by atoms with Gasteiger partial charge in [0, 0.05) is 37.9 Å². The molecule has 4 heterocycles. The van der Waals surface area contributed by atoms with Crippen molar-refractivity contribution in [2.24, 2.45) is 5.41 Å². The number of amides is 2. The number of likely N-dealkylation sites (tertiary alicyclic amines) is 2. The molecule has 4 rings (SSSR count). The van der Waals surface area contributed by atoms with Gasteiger partial charge in [-0.3, -0.25) is 14.7 Å². The summed E-state index contributed by atoms with van der Waals surface area (Å²) in [5.41, 5.74) is 0.264. The van der Waals surface area contributed by atoms with Gasteiger partial charge in [-0.1, -0.05) is 5.16 Å². The molecule has 1 N–H and O–H groups in total. The first-order valence-electron chi connectivity index (χ1n) is 9.86. The van der Waals surface area contributed by atoms with Crippen LogP contribution in [0.3, 0.4) is 0 Å². The topological polar surface area (TPSA) is 108 Å². The molecule has 2 fully saturated rings. The third-order valence-electron chi connectivity index (χ3n) is 6.18. The highest BCUT2D eigenvalue weighted by molar-refractivity contribution is 5.86. The highest BCUT2D eigenvalue weighted by Gasteiger charge is 2.52. The van der Waals surface area contributed by atoms with Crippen LogP contribution in [0.15, 0.2) is 16.8 Å². The van der Waals surface area contributed by atoms with Gasteiger partial charge in [-0.25, -0.2) is 0 Å². The monoisotopic (exact) mass is 386 g/mol. The first-order valence-corrected chi connectivity index (χ1v) is 9.86. The summed E-state index contributed by atoms with van der Waals surface area (Å²) < 4.78 is 5.04. The molecule has 0 saturated carbocycles. The SMILES string of the molecule is Cc1nc(CN2CCC[C@@]3(CCCN(C(=O)Cc4ccn[nH]4)[C@H]3C)C2=O)no1. The third-order valence-corrected chi connectivity index (χ3v) is 6.18. The molecule has 0 unspecified atom stereocenters. The number of aromatic nitrogens is 4. The third kappa shape index (κ3) is 3.29. The number of hydrogen-bond donors (Lipinski definition) is 1. The first kappa shape index (κ1) is 18.6. The van der Waals surface area contributed by atoms with Gasteiger partial charge in [-0.05, 0) is 38.7 Å². The van der Waals surface area contributed by atoms with Crippen LogP contribution < -0.4 is 0 Å². The summed E-state index contributed by atoms with van der Waals surface area (Å²) in [6.45, 7) is 5.48. The maximum Gasteiger partial charge on any atom is 0.231 e. The second kappa shape index (κ2) is 7.37. The smallest absolute Gasteiger partial charge is 0.231 e. The highest BCUT2D eigenvalue weighted by atomic mass is 16.5. The van der Waals surface area contributed by atoms with Gasteiger partial charge < -0.3 is 14.3 Å². The zero-order valence-electron chi connectivity index (χ0n) is 16.3. The molecule has 2 aliphatic rings. The van der Waals surface area contributed by atoms with Crippen molar-refractivity contribution < 1.29 is 14.1 Å². The Hall–Kier alpha value is -2.71. The Balaban J connectivity index is 1.51. The van der Waals surface area contributed by atoms with E-state index in [2.05, 4.69) is 20.3 Å². The standard InChI is InChI=1S/C19H26N6O3/c1-13-19(7-4-10-25(13)17(26)11-15-5-8-20-22-15)6-3-9-24(18(19)27)12-16-21-14(2)28-23-16/h5,8,13H,3-4,6-7,9-12H2,1-2H3,(H,20,22)/t13-,19-/m0/s1. The number of nitrogens with zero attached hydrogens (tertiary/aromatic N) is 5. The van der Waals surface area contributed by atoms with Crippen LogP contribution in [0.4, 0.5) is 0 Å². The molecule has 2 saturated heterocycles. The Morgan fingerprint density at radius 1 is 1.36 bits per heavy atom. The lowest BCUT2D eigenvalue weighted by Crippen LogP contribution is -2.61. The number of carbonyl (C=O) groups excluding carboxylic acids is 2. The van der Waals surface area contributed by atoms with E-state index >= 15 is 0 Å². The van der Waals surface area contributed by atoms with Crippen molar-refractivity contribution in [3.05, 3.63) is 29.7 Å². The molecule has 9 nitrogen and oxygen atoms in total. The quantitative estimate of drug-likeness (QED) is 0.852. The van der Waals surface area contributed by atoms with Crippen molar-refractivity contribution in [3.8, 4) is 0 Å². The number of H-pyrrole nitrogens is 1. The van der Waals surface area contributed by atoms with E-state index in [9.17, 15) is 9.59 Å². The van der Waals surface area contributed by atoms with Crippen molar-refractivity contribution in [2.45, 2.75) is 58.5 Å². The lowest BCUT2D eigenvalue weighted by Gasteiger charge is -2.51. The van der Waals surface area contributed by atoms with Crippen LogP contribution in [0, 0.1) is 12.3 Å². The van der Waals surface area contributed by atoms with Crippen LogP contribution in [-0.4, -0.2) is 61.1 Å². The maximum absolute atomic E-state index is 13.5. The molecule has 150 valence electrons. The Bertz CT molecular complexity index is 844. The van der Waals surface area contributed by atoms with Gasteiger partial charge in [0.05, 0.1) is 18.4 Å². The van der Waals surface area contributed by atoms with E-state index in [-0.39, 0.29) is 24.3 Å². The van der Waals surface area contributed by atoms with E-state index in [1.165, 1.54) is 0 Å². The second-order valence-electron chi connectivity index (χ2n) is 7.84. The number of aromatic amines is 1. The van der Waals surface area contributed by atoms with E-state index in [0.717, 1.165) is 31.4 Å². The fourth-order valence-corrected chi connectivity index (χ4v) is 4.71. The minimum atomic E-state index is -0.529. The van der Waals surface area contributed by atoms with Crippen LogP contribution >= 0.6 is 0 Å². The van der Waals surface area contributed by atoms with Crippen molar-refractivity contribution in [1.29, 1.82) is 0 Å². The Morgan fingerprint density at radius 3 is 2.82 bits per heavy atom. The number of carbonyl (C=O) groups is 2. The molecule has 2 aliphatic heterocycles. The fourth-order valence-electron chi connectivity index (χ4n) is 4.71. The van der Waals surface area contributed by atoms with Crippen LogP contribution in [-0.2, 0) is 22.6 Å². The normalized spacial score (nSPS) is 25.5. The molecule has 2 aromatic rings. The molecule has 0 radical (unpaired) electrons. The molecule has 9 heteroatoms. The molecule has 2 aromatic heterocycles. The zero-order valence-corrected chi connectivity index (χ0v) is 16.3. The van der Waals surface area contributed by atoms with Crippen molar-refractivity contribution >= 4 is 11.8 Å². The molecule has 2 amide bonds. The lowest BCUT2D eigenvalue weighted by molar-refractivity contribution is -0.160. The van der Waals surface area contributed by atoms with Gasteiger partial charge >= 0.3 is 0 Å². The van der Waals surface area contributed by atoms with Crippen LogP contribution in [0.1, 0.15) is 50.0 Å². The van der Waals surface area contributed by atoms with Gasteiger partial charge in [0.15, 0.2) is 5.82 Å². The second-order valence-corrected chi connectivity index (χ2v) is 7.84. The maximum atomic E-state index is 13.5. The summed E-state index contributed by atoms with van der Waals surface area (Å²) in [6, 6.07) is 1.67. The highest BCUT2D eigenvalue weighted by Crippen LogP contribution is 2.44. The predicted octanol–water partition coefficient (Wildman–Crippen LogP) is 1.46. The molecule has 28 heavy (non-hydrogen) atoms. The van der Waals surface area contributed by atoms with E-state index in [1.807, 2.05) is 22.8 Å². The molecular formula is C19H26N6O3. The summed E-state index contributed by atoms with van der Waals surface area (Å²) in [5.74, 6) is 1.16. The van der Waals surface area contributed by atoms with Crippen molar-refractivity contribution in [2.75, 3.05) is 13.1 Å². The van der Waals surface area contributed by atoms with E-state index in [1.54, 1.807) is 13.1 Å². The average Bonchev–Trinajstić information content (AvgIpc) is 3.32. The summed E-state index contributed by atoms with van der Waals surface area (Å²) in [6.07, 6.45) is 5.28. The molecule has 0 aromatic carbocycles. The Morgan fingerprint density at radius 2 is 2.14 bits per heavy atom. The van der Waals surface area contributed by atoms with Gasteiger partial charge in [0.2, 0.25) is 17.7 Å². The molecule has 0 aliphatic carbocycles. The lowest BCUT2D eigenvalue weighted by atomic mass is 9.67. The van der Waals surface area contributed by atoms with Gasteiger partial charge in [0.1, 0.15) is 0 Å². The minimum absolute atomic E-state index is 0.0366. The molecule has 0 bridgehead atoms. The fraction of sp³-hybridized carbons (Fsp3) is 0.632. The van der Waals surface area contributed by atoms with Crippen molar-refractivity contribution in [1.82, 2.24) is 30.1 Å². The predicted molar refractivity (Wildman–Crippen MR) is 98.8 cm³/mol. The van der Waals surface area contributed by atoms with Crippen molar-refractivity contribution in [3.63, 3.8) is 0 Å². The van der Waals surface area contributed by atoms with Crippen LogP contribution in [0.5, 0.6) is 0 Å². The number of aryl methyl sites for hydroxylation is 1. The van der Waals surface area contributed by atoms with E-state index in [0.29, 0.717) is 31.3 Å². The summed E-state index contributed by atoms with van der Waals surface area (Å²) in [5, 5.41) is 10.7. The van der Waals surface area contributed by atoms with Crippen LogP contribution in [0.25, 0.3) is 0 Å². The van der Waals surface area contributed by atoms with Gasteiger partial charge in [-0.2, -0.15) is 10.1 Å². The Kier molecular flexibility index (Phi) is 4.91. The number of hydrogen-bond acceptors (Lipinski definition) is 6. The van der Waals surface area contributed by atoms with Crippen LogP contribution in [0.2, 0.25) is 0 Å². The first-order chi connectivity index (χ1) is 13.5. The van der Waals surface area contributed by atoms with E-state index in [4.69, 9.17) is 4.52 Å². The largest absolute Gasteiger partial charge is 0.340 e. The summed E-state index contributed by atoms with van der Waals surface area (Å²) in [7, 11) is 0. The zero-order chi connectivity index (χ0) is 19.7. The molecule has 1 spiro atoms. The minimum Gasteiger partial charge on any atom is -0.340 e. The number of rotatable bonds is 4. The number of piperidine rings is 2. The van der Waals surface area contributed by atoms with Gasteiger partial charge in [-0.15, -0.1) is 0 Å².